The van der Waals surface area contributed by atoms with E-state index in [-0.39, 0.29) is 0 Å². The lowest BCUT2D eigenvalue weighted by atomic mass is 9.89. The average molecular weight is 1100 g/mol. The standard InChI is InChI=1S/C82H58N4/c1-9-29-61(30-10-1)83(62-31-11-2-12-32-62)79-55-53-69(71-45-25-27-47-73(71)79)59-49-51-75-77(57-59)81(85(65-37-17-5-18-38-65)66-39-19-6-20-40-66)76-52-50-60(58-78(76)82(75)86(67-41-21-7-22-42-67)68-43-23-8-24-44-68)70-54-56-80(74-48-28-26-46-72(70)74)84(63-33-13-3-14-34-63)64-35-15-4-16-36-64/h1-58H. The quantitative estimate of drug-likeness (QED) is 0.0795. The smallest absolute Gasteiger partial charge is 0.0620 e. The molecule has 0 heterocycles. The molecule has 0 aliphatic rings. The molecular weight excluding hydrogens is 1040 g/mol. The van der Waals surface area contributed by atoms with Crippen LogP contribution in [0, 0.1) is 0 Å². The Morgan fingerprint density at radius 1 is 0.151 bits per heavy atom. The Hall–Kier alpha value is -11.5. The van der Waals surface area contributed by atoms with Crippen LogP contribution in [0.3, 0.4) is 0 Å². The van der Waals surface area contributed by atoms with Crippen LogP contribution in [0.15, 0.2) is 352 Å². The molecule has 0 aliphatic carbocycles. The second kappa shape index (κ2) is 22.7. The molecule has 4 heteroatoms. The highest BCUT2D eigenvalue weighted by molar-refractivity contribution is 6.25. The van der Waals surface area contributed by atoms with E-state index in [1.807, 2.05) is 0 Å². The maximum absolute atomic E-state index is 2.47. The molecule has 0 N–H and O–H groups in total. The van der Waals surface area contributed by atoms with Gasteiger partial charge >= 0.3 is 0 Å². The Bertz CT molecular complexity index is 4380. The summed E-state index contributed by atoms with van der Waals surface area (Å²) in [6, 6.07) is 128. The average Bonchev–Trinajstić information content (AvgIpc) is 1.45. The number of para-hydroxylation sites is 8. The topological polar surface area (TPSA) is 13.0 Å². The van der Waals surface area contributed by atoms with E-state index in [2.05, 4.69) is 371 Å². The van der Waals surface area contributed by atoms with Crippen LogP contribution in [0.4, 0.5) is 68.2 Å². The molecule has 0 unspecified atom stereocenters. The molecule has 0 amide bonds. The van der Waals surface area contributed by atoms with Crippen molar-refractivity contribution in [2.24, 2.45) is 0 Å². The van der Waals surface area contributed by atoms with E-state index >= 15 is 0 Å². The van der Waals surface area contributed by atoms with Crippen molar-refractivity contribution < 1.29 is 0 Å². The number of fused-ring (bicyclic) bond motifs is 4. The van der Waals surface area contributed by atoms with Crippen molar-refractivity contribution in [3.63, 3.8) is 0 Å². The van der Waals surface area contributed by atoms with Gasteiger partial charge in [0.05, 0.1) is 22.7 Å². The van der Waals surface area contributed by atoms with E-state index in [1.54, 1.807) is 0 Å². The largest absolute Gasteiger partial charge is 0.310 e. The van der Waals surface area contributed by atoms with Gasteiger partial charge in [0, 0.05) is 77.8 Å². The van der Waals surface area contributed by atoms with Gasteiger partial charge < -0.3 is 19.6 Å². The summed E-state index contributed by atoms with van der Waals surface area (Å²) in [7, 11) is 0. The summed E-state index contributed by atoms with van der Waals surface area (Å²) in [5.74, 6) is 0. The van der Waals surface area contributed by atoms with Gasteiger partial charge in [-0.1, -0.05) is 231 Å². The third kappa shape index (κ3) is 9.42. The van der Waals surface area contributed by atoms with Crippen LogP contribution in [0.1, 0.15) is 0 Å². The van der Waals surface area contributed by atoms with Crippen LogP contribution in [-0.4, -0.2) is 0 Å². The molecule has 0 spiro atoms. The van der Waals surface area contributed by atoms with Crippen LogP contribution in [0.25, 0.3) is 65.3 Å². The van der Waals surface area contributed by atoms with E-state index in [9.17, 15) is 0 Å². The van der Waals surface area contributed by atoms with Crippen molar-refractivity contribution in [2.45, 2.75) is 0 Å². The molecule has 15 aromatic carbocycles. The van der Waals surface area contributed by atoms with Gasteiger partial charge in [0.25, 0.3) is 0 Å². The van der Waals surface area contributed by atoms with Gasteiger partial charge in [0.15, 0.2) is 0 Å². The fourth-order valence-electron chi connectivity index (χ4n) is 12.7. The summed E-state index contributed by atoms with van der Waals surface area (Å²) in [6.07, 6.45) is 0. The zero-order valence-corrected chi connectivity index (χ0v) is 47.3. The fraction of sp³-hybridized carbons (Fsp3) is 0. The lowest BCUT2D eigenvalue weighted by Gasteiger charge is -2.33. The summed E-state index contributed by atoms with van der Waals surface area (Å²) in [6.45, 7) is 0. The Labute approximate surface area is 502 Å². The van der Waals surface area contributed by atoms with E-state index in [0.29, 0.717) is 0 Å². The van der Waals surface area contributed by atoms with Crippen molar-refractivity contribution in [1.29, 1.82) is 0 Å². The summed E-state index contributed by atoms with van der Waals surface area (Å²) in [4.78, 5) is 9.69. The molecule has 15 rings (SSSR count). The highest BCUT2D eigenvalue weighted by Crippen LogP contribution is 2.54. The van der Waals surface area contributed by atoms with Crippen molar-refractivity contribution in [1.82, 2.24) is 0 Å². The summed E-state index contributed by atoms with van der Waals surface area (Å²) < 4.78 is 0. The Balaban J connectivity index is 1.03. The predicted octanol–water partition coefficient (Wildman–Crippen LogP) is 23.5. The monoisotopic (exact) mass is 1100 g/mol. The molecule has 406 valence electrons. The van der Waals surface area contributed by atoms with Crippen LogP contribution in [0.5, 0.6) is 0 Å². The second-order valence-corrected chi connectivity index (χ2v) is 21.6. The third-order valence-electron chi connectivity index (χ3n) is 16.5. The maximum atomic E-state index is 2.47. The van der Waals surface area contributed by atoms with Gasteiger partial charge in [0.2, 0.25) is 0 Å². The third-order valence-corrected chi connectivity index (χ3v) is 16.5. The normalized spacial score (nSPS) is 11.3. The molecule has 15 aromatic rings. The van der Waals surface area contributed by atoms with Gasteiger partial charge in [0.1, 0.15) is 0 Å². The van der Waals surface area contributed by atoms with Gasteiger partial charge in [-0.15, -0.1) is 0 Å². The summed E-state index contributed by atoms with van der Waals surface area (Å²) >= 11 is 0. The molecule has 0 atom stereocenters. The number of hydrogen-bond acceptors (Lipinski definition) is 4. The van der Waals surface area contributed by atoms with E-state index in [4.69, 9.17) is 0 Å². The Kier molecular flexibility index (Phi) is 13.6. The molecule has 0 fully saturated rings. The number of benzene rings is 15. The molecule has 0 radical (unpaired) electrons. The first-order chi connectivity index (χ1) is 42.7. The predicted molar refractivity (Wildman–Crippen MR) is 366 cm³/mol. The molecule has 0 saturated heterocycles. The summed E-state index contributed by atoms with van der Waals surface area (Å²) in [5, 5.41) is 9.10. The van der Waals surface area contributed by atoms with Crippen LogP contribution in [-0.2, 0) is 0 Å². The van der Waals surface area contributed by atoms with E-state index < -0.39 is 0 Å². The molecule has 0 aromatic heterocycles. The first-order valence-electron chi connectivity index (χ1n) is 29.4. The van der Waals surface area contributed by atoms with Gasteiger partial charge in [-0.25, -0.2) is 0 Å². The minimum atomic E-state index is 1.06. The Morgan fingerprint density at radius 3 is 0.651 bits per heavy atom. The van der Waals surface area contributed by atoms with E-state index in [0.717, 1.165) is 123 Å². The first kappa shape index (κ1) is 51.4. The lowest BCUT2D eigenvalue weighted by molar-refractivity contribution is 1.29. The number of hydrogen-bond donors (Lipinski definition) is 0. The molecule has 4 nitrogen and oxygen atoms in total. The fourth-order valence-corrected chi connectivity index (χ4v) is 12.7. The van der Waals surface area contributed by atoms with Crippen molar-refractivity contribution >= 4 is 111 Å². The zero-order valence-electron chi connectivity index (χ0n) is 47.3. The van der Waals surface area contributed by atoms with Crippen LogP contribution < -0.4 is 19.6 Å². The van der Waals surface area contributed by atoms with Crippen molar-refractivity contribution in [2.75, 3.05) is 19.6 Å². The second-order valence-electron chi connectivity index (χ2n) is 21.6. The minimum absolute atomic E-state index is 1.06. The highest BCUT2D eigenvalue weighted by atomic mass is 15.2. The Morgan fingerprint density at radius 2 is 0.384 bits per heavy atom. The summed E-state index contributed by atoms with van der Waals surface area (Å²) in [5.41, 5.74) is 17.6. The molecular formula is C82H58N4. The highest BCUT2D eigenvalue weighted by Gasteiger charge is 2.28. The van der Waals surface area contributed by atoms with Crippen molar-refractivity contribution in [3.8, 4) is 22.3 Å². The number of rotatable bonds is 14. The number of nitrogens with zero attached hydrogens (tertiary/aromatic N) is 4. The number of anilines is 12. The van der Waals surface area contributed by atoms with Gasteiger partial charge in [-0.3, -0.25) is 0 Å². The SMILES string of the molecule is c1ccc(N(c2ccccc2)c2ccc(-c3ccc4c(N(c5ccccc5)c5ccccc5)c5cc(-c6ccc(N(c7ccccc7)c7ccccc7)c7ccccc67)ccc5c(N(c5ccccc5)c5ccccc5)c4c3)c3ccccc23)cc1. The minimum Gasteiger partial charge on any atom is -0.310 e. The van der Waals surface area contributed by atoms with Gasteiger partial charge in [-0.2, -0.15) is 0 Å². The molecule has 0 aliphatic heterocycles. The zero-order chi connectivity index (χ0) is 57.2. The lowest BCUT2D eigenvalue weighted by Crippen LogP contribution is -2.14. The van der Waals surface area contributed by atoms with Crippen molar-refractivity contribution in [3.05, 3.63) is 352 Å². The van der Waals surface area contributed by atoms with Gasteiger partial charge in [-0.05, 0) is 154 Å². The maximum Gasteiger partial charge on any atom is 0.0620 e. The molecule has 0 saturated carbocycles. The molecule has 86 heavy (non-hydrogen) atoms. The first-order valence-corrected chi connectivity index (χ1v) is 29.4. The van der Waals surface area contributed by atoms with Crippen LogP contribution in [0.2, 0.25) is 0 Å². The van der Waals surface area contributed by atoms with E-state index in [1.165, 1.54) is 10.8 Å². The molecule has 0 bridgehead atoms. The van der Waals surface area contributed by atoms with Crippen LogP contribution >= 0.6 is 0 Å².